The highest BCUT2D eigenvalue weighted by Crippen LogP contribution is 2.32. The van der Waals surface area contributed by atoms with Crippen LogP contribution < -0.4 is 10.6 Å². The fraction of sp³-hybridized carbons (Fsp3) is 0.133. The van der Waals surface area contributed by atoms with E-state index in [1.165, 1.54) is 5.56 Å². The summed E-state index contributed by atoms with van der Waals surface area (Å²) in [6, 6.07) is 16.0. The highest BCUT2D eigenvalue weighted by atomic mass is 79.9. The first-order valence-electron chi connectivity index (χ1n) is 6.25. The Labute approximate surface area is 131 Å². The molecule has 2 aromatic rings. The van der Waals surface area contributed by atoms with Crippen molar-refractivity contribution >= 4 is 39.2 Å². The second-order valence-corrected chi connectivity index (χ2v) is 5.97. The van der Waals surface area contributed by atoms with Gasteiger partial charge in [0.2, 0.25) is 0 Å². The largest absolute Gasteiger partial charge is 0.369 e. The molecule has 2 aromatic carbocycles. The van der Waals surface area contributed by atoms with Gasteiger partial charge in [-0.1, -0.05) is 45.7 Å². The van der Waals surface area contributed by atoms with Crippen molar-refractivity contribution in [2.45, 2.75) is 6.04 Å². The molecule has 1 atom stereocenters. The number of benzene rings is 2. The van der Waals surface area contributed by atoms with Crippen molar-refractivity contribution in [2.75, 3.05) is 11.4 Å². The number of hydrogen-bond donors (Lipinski definition) is 1. The molecule has 1 unspecified atom stereocenters. The lowest BCUT2D eigenvalue weighted by atomic mass is 10.1. The van der Waals surface area contributed by atoms with Crippen molar-refractivity contribution in [1.29, 1.82) is 0 Å². The molecule has 5 heteroatoms. The summed E-state index contributed by atoms with van der Waals surface area (Å²) >= 11 is 9.52. The topological polar surface area (TPSA) is 41.6 Å². The summed E-state index contributed by atoms with van der Waals surface area (Å²) in [6.45, 7) is 0.653. The van der Waals surface area contributed by atoms with Gasteiger partial charge in [0.1, 0.15) is 0 Å². The first-order valence-corrected chi connectivity index (χ1v) is 7.42. The monoisotopic (exact) mass is 349 g/mol. The Balaban J connectivity index is 1.98. The number of nitrogens with two attached hydrogens (primary N) is 1. The number of anilines is 1. The van der Waals surface area contributed by atoms with Crippen LogP contribution in [0.1, 0.15) is 11.6 Å². The second-order valence-electron chi connectivity index (χ2n) is 4.62. The third kappa shape index (κ3) is 2.53. The molecule has 0 bridgehead atoms. The van der Waals surface area contributed by atoms with Crippen molar-refractivity contribution in [3.05, 3.63) is 63.6 Å². The van der Waals surface area contributed by atoms with Gasteiger partial charge in [-0.3, -0.25) is 4.99 Å². The maximum absolute atomic E-state index is 6.07. The van der Waals surface area contributed by atoms with Gasteiger partial charge in [-0.05, 0) is 35.9 Å². The van der Waals surface area contributed by atoms with E-state index in [1.54, 1.807) is 0 Å². The minimum atomic E-state index is 0.113. The van der Waals surface area contributed by atoms with Gasteiger partial charge in [0.05, 0.1) is 12.6 Å². The average Bonchev–Trinajstić information content (AvgIpc) is 2.81. The van der Waals surface area contributed by atoms with Crippen LogP contribution in [-0.2, 0) is 0 Å². The summed E-state index contributed by atoms with van der Waals surface area (Å²) in [5, 5.41) is 0.691. The molecule has 0 radical (unpaired) electrons. The molecule has 0 fully saturated rings. The van der Waals surface area contributed by atoms with E-state index in [2.05, 4.69) is 33.1 Å². The van der Waals surface area contributed by atoms with Gasteiger partial charge in [-0.15, -0.1) is 0 Å². The number of rotatable bonds is 2. The molecule has 1 aliphatic heterocycles. The molecular formula is C15H13BrClN3. The molecular weight excluding hydrogens is 338 g/mol. The van der Waals surface area contributed by atoms with E-state index < -0.39 is 0 Å². The molecule has 1 aliphatic rings. The Morgan fingerprint density at radius 1 is 1.20 bits per heavy atom. The molecule has 102 valence electrons. The van der Waals surface area contributed by atoms with Gasteiger partial charge in [-0.2, -0.15) is 0 Å². The van der Waals surface area contributed by atoms with E-state index in [4.69, 9.17) is 17.3 Å². The fourth-order valence-electron chi connectivity index (χ4n) is 2.38. The van der Waals surface area contributed by atoms with Crippen LogP contribution in [0.15, 0.2) is 58.0 Å². The number of nitrogens with zero attached hydrogens (tertiary/aromatic N) is 2. The van der Waals surface area contributed by atoms with Gasteiger partial charge in [0, 0.05) is 15.2 Å². The number of halogens is 2. The third-order valence-corrected chi connectivity index (χ3v) is 4.09. The number of aliphatic imine (C=N–C) groups is 1. The lowest BCUT2D eigenvalue weighted by molar-refractivity contribution is 0.768. The Bertz CT molecular complexity index is 654. The molecule has 0 aliphatic carbocycles. The van der Waals surface area contributed by atoms with Crippen LogP contribution in [0.2, 0.25) is 5.02 Å². The molecule has 0 aromatic heterocycles. The first kappa shape index (κ1) is 13.5. The Kier molecular flexibility index (Phi) is 3.68. The SMILES string of the molecule is NC1=NCC(c2ccc(Br)cc2)N1c1cccc(Cl)c1. The summed E-state index contributed by atoms with van der Waals surface area (Å²) in [5.41, 5.74) is 8.18. The summed E-state index contributed by atoms with van der Waals surface area (Å²) in [7, 11) is 0. The Morgan fingerprint density at radius 2 is 1.95 bits per heavy atom. The van der Waals surface area contributed by atoms with Gasteiger partial charge < -0.3 is 10.6 Å². The zero-order valence-corrected chi connectivity index (χ0v) is 13.0. The minimum Gasteiger partial charge on any atom is -0.369 e. The van der Waals surface area contributed by atoms with Crippen molar-refractivity contribution < 1.29 is 0 Å². The van der Waals surface area contributed by atoms with E-state index >= 15 is 0 Å². The minimum absolute atomic E-state index is 0.113. The molecule has 3 rings (SSSR count). The summed E-state index contributed by atoms with van der Waals surface area (Å²) in [6.07, 6.45) is 0. The van der Waals surface area contributed by atoms with Crippen molar-refractivity contribution in [3.63, 3.8) is 0 Å². The number of guanidine groups is 1. The summed E-state index contributed by atoms with van der Waals surface area (Å²) < 4.78 is 1.06. The van der Waals surface area contributed by atoms with Crippen LogP contribution in [0.5, 0.6) is 0 Å². The van der Waals surface area contributed by atoms with Gasteiger partial charge in [-0.25, -0.2) is 0 Å². The summed E-state index contributed by atoms with van der Waals surface area (Å²) in [4.78, 5) is 6.39. The van der Waals surface area contributed by atoms with Crippen LogP contribution in [0.4, 0.5) is 5.69 Å². The maximum atomic E-state index is 6.07. The Hall–Kier alpha value is -1.52. The van der Waals surface area contributed by atoms with E-state index in [9.17, 15) is 0 Å². The molecule has 20 heavy (non-hydrogen) atoms. The first-order chi connectivity index (χ1) is 9.65. The molecule has 0 saturated heterocycles. The number of hydrogen-bond acceptors (Lipinski definition) is 3. The van der Waals surface area contributed by atoms with Gasteiger partial charge >= 0.3 is 0 Å². The molecule has 0 spiro atoms. The van der Waals surface area contributed by atoms with E-state index in [0.29, 0.717) is 17.5 Å². The van der Waals surface area contributed by atoms with Crippen LogP contribution in [0.25, 0.3) is 0 Å². The smallest absolute Gasteiger partial charge is 0.196 e. The lowest BCUT2D eigenvalue weighted by Crippen LogP contribution is -2.36. The zero-order valence-electron chi connectivity index (χ0n) is 10.6. The second kappa shape index (κ2) is 5.46. The molecule has 0 amide bonds. The molecule has 3 nitrogen and oxygen atoms in total. The standard InChI is InChI=1S/C15H13BrClN3/c16-11-6-4-10(5-7-11)14-9-19-15(18)20(14)13-3-1-2-12(17)8-13/h1-8,14H,9H2,(H2,18,19). The Morgan fingerprint density at radius 3 is 2.65 bits per heavy atom. The molecule has 2 N–H and O–H groups in total. The van der Waals surface area contributed by atoms with Crippen LogP contribution in [-0.4, -0.2) is 12.5 Å². The predicted octanol–water partition coefficient (Wildman–Crippen LogP) is 3.98. The molecule has 0 saturated carbocycles. The zero-order chi connectivity index (χ0) is 14.1. The molecule has 1 heterocycles. The van der Waals surface area contributed by atoms with Gasteiger partial charge in [0.25, 0.3) is 0 Å². The van der Waals surface area contributed by atoms with Crippen LogP contribution in [0.3, 0.4) is 0 Å². The fourth-order valence-corrected chi connectivity index (χ4v) is 2.82. The van der Waals surface area contributed by atoms with E-state index in [1.807, 2.05) is 41.3 Å². The van der Waals surface area contributed by atoms with Crippen molar-refractivity contribution in [2.24, 2.45) is 10.7 Å². The third-order valence-electron chi connectivity index (χ3n) is 3.33. The highest BCUT2D eigenvalue weighted by molar-refractivity contribution is 9.10. The van der Waals surface area contributed by atoms with Crippen molar-refractivity contribution in [3.8, 4) is 0 Å². The van der Waals surface area contributed by atoms with Crippen molar-refractivity contribution in [1.82, 2.24) is 0 Å². The average molecular weight is 351 g/mol. The van der Waals surface area contributed by atoms with Crippen LogP contribution >= 0.6 is 27.5 Å². The predicted molar refractivity (Wildman–Crippen MR) is 87.3 cm³/mol. The highest BCUT2D eigenvalue weighted by Gasteiger charge is 2.28. The lowest BCUT2D eigenvalue weighted by Gasteiger charge is -2.26. The van der Waals surface area contributed by atoms with E-state index in [0.717, 1.165) is 10.2 Å². The summed E-state index contributed by atoms with van der Waals surface area (Å²) in [5.74, 6) is 0.528. The van der Waals surface area contributed by atoms with E-state index in [-0.39, 0.29) is 6.04 Å². The maximum Gasteiger partial charge on any atom is 0.196 e. The quantitative estimate of drug-likeness (QED) is 0.890. The van der Waals surface area contributed by atoms with Crippen LogP contribution in [0, 0.1) is 0 Å². The normalized spacial score (nSPS) is 18.2. The van der Waals surface area contributed by atoms with Gasteiger partial charge in [0.15, 0.2) is 5.96 Å².